The Hall–Kier alpha value is -1.87. The molecule has 88 valence electrons. The molecule has 17 heavy (non-hydrogen) atoms. The Morgan fingerprint density at radius 3 is 2.47 bits per heavy atom. The lowest BCUT2D eigenvalue weighted by Gasteiger charge is -1.99. The van der Waals surface area contributed by atoms with Crippen molar-refractivity contribution in [2.24, 2.45) is 5.73 Å². The molecule has 0 bridgehead atoms. The van der Waals surface area contributed by atoms with E-state index in [-0.39, 0.29) is 5.78 Å². The number of carbonyl (C=O) groups excluding carboxylic acids is 1. The zero-order chi connectivity index (χ0) is 12.3. The van der Waals surface area contributed by atoms with Gasteiger partial charge in [-0.05, 0) is 24.6 Å². The smallest absolute Gasteiger partial charge is 0.202 e. The molecule has 0 unspecified atom stereocenters. The number of rotatable bonds is 4. The van der Waals surface area contributed by atoms with Crippen LogP contribution in [0.25, 0.3) is 0 Å². The summed E-state index contributed by atoms with van der Waals surface area (Å²) >= 11 is 0. The van der Waals surface area contributed by atoms with E-state index < -0.39 is 0 Å². The first-order valence-electron chi connectivity index (χ1n) is 5.56. The average molecular weight is 229 g/mol. The number of benzene rings is 1. The van der Waals surface area contributed by atoms with Crippen LogP contribution in [0.3, 0.4) is 0 Å². The Balaban J connectivity index is 2.08. The number of hydrogen-bond acceptors (Lipinski definition) is 3. The zero-order valence-electron chi connectivity index (χ0n) is 9.77. The highest BCUT2D eigenvalue weighted by molar-refractivity contribution is 5.95. The minimum atomic E-state index is -0.0199. The zero-order valence-corrected chi connectivity index (χ0v) is 9.77. The Morgan fingerprint density at radius 1 is 1.18 bits per heavy atom. The van der Waals surface area contributed by atoms with Gasteiger partial charge in [0.1, 0.15) is 5.76 Å². The van der Waals surface area contributed by atoms with Crippen molar-refractivity contribution < 1.29 is 9.21 Å². The second-order valence-electron chi connectivity index (χ2n) is 4.06. The molecule has 0 aliphatic heterocycles. The molecule has 0 radical (unpaired) electrons. The van der Waals surface area contributed by atoms with Crippen LogP contribution in [-0.2, 0) is 13.0 Å². The number of carbonyl (C=O) groups is 1. The van der Waals surface area contributed by atoms with Crippen LogP contribution in [0.1, 0.15) is 27.4 Å². The molecule has 0 spiro atoms. The van der Waals surface area contributed by atoms with Gasteiger partial charge in [-0.15, -0.1) is 0 Å². The van der Waals surface area contributed by atoms with E-state index in [0.29, 0.717) is 24.5 Å². The molecule has 0 fully saturated rings. The van der Waals surface area contributed by atoms with Crippen LogP contribution in [0.15, 0.2) is 40.8 Å². The monoisotopic (exact) mass is 229 g/mol. The molecular weight excluding hydrogens is 214 g/mol. The third-order valence-electron chi connectivity index (χ3n) is 2.62. The summed E-state index contributed by atoms with van der Waals surface area (Å²) in [4.78, 5) is 11.9. The maximum Gasteiger partial charge on any atom is 0.202 e. The lowest BCUT2D eigenvalue weighted by atomic mass is 10.1. The third kappa shape index (κ3) is 2.82. The van der Waals surface area contributed by atoms with Crippen molar-refractivity contribution in [3.05, 3.63) is 59.0 Å². The summed E-state index contributed by atoms with van der Waals surface area (Å²) in [6.45, 7) is 2.34. The van der Waals surface area contributed by atoms with Crippen molar-refractivity contribution in [3.63, 3.8) is 0 Å². The number of furan rings is 1. The Morgan fingerprint density at radius 2 is 1.88 bits per heavy atom. The number of aryl methyl sites for hydroxylation is 1. The van der Waals surface area contributed by atoms with Crippen LogP contribution in [0.2, 0.25) is 0 Å². The molecule has 3 nitrogen and oxygen atoms in total. The first-order valence-corrected chi connectivity index (χ1v) is 5.56. The molecule has 0 amide bonds. The van der Waals surface area contributed by atoms with Crippen LogP contribution >= 0.6 is 0 Å². The Labute approximate surface area is 100 Å². The fraction of sp³-hybridized carbons (Fsp3) is 0.214. The standard InChI is InChI=1S/C14H15NO2/c1-10-2-4-11(5-3-10)8-13(16)14-7-6-12(9-15)17-14/h2-7H,8-9,15H2,1H3. The van der Waals surface area contributed by atoms with Gasteiger partial charge in [-0.25, -0.2) is 0 Å². The van der Waals surface area contributed by atoms with Gasteiger partial charge in [0, 0.05) is 6.42 Å². The molecule has 0 saturated heterocycles. The van der Waals surface area contributed by atoms with E-state index in [9.17, 15) is 4.79 Å². The Bertz CT molecular complexity index is 511. The maximum atomic E-state index is 11.9. The number of hydrogen-bond donors (Lipinski definition) is 1. The predicted octanol–water partition coefficient (Wildman–Crippen LogP) is 2.47. The van der Waals surface area contributed by atoms with Gasteiger partial charge in [0.15, 0.2) is 5.76 Å². The van der Waals surface area contributed by atoms with Crippen LogP contribution in [-0.4, -0.2) is 5.78 Å². The van der Waals surface area contributed by atoms with Crippen molar-refractivity contribution >= 4 is 5.78 Å². The van der Waals surface area contributed by atoms with Gasteiger partial charge in [-0.1, -0.05) is 29.8 Å². The van der Waals surface area contributed by atoms with Crippen molar-refractivity contribution in [2.45, 2.75) is 19.9 Å². The van der Waals surface area contributed by atoms with E-state index in [1.807, 2.05) is 31.2 Å². The van der Waals surface area contributed by atoms with Gasteiger partial charge in [0.05, 0.1) is 6.54 Å². The first kappa shape index (κ1) is 11.6. The second-order valence-corrected chi connectivity index (χ2v) is 4.06. The SMILES string of the molecule is Cc1ccc(CC(=O)c2ccc(CN)o2)cc1. The quantitative estimate of drug-likeness (QED) is 0.819. The van der Waals surface area contributed by atoms with Gasteiger partial charge < -0.3 is 10.2 Å². The predicted molar refractivity (Wildman–Crippen MR) is 65.8 cm³/mol. The molecule has 0 atom stereocenters. The third-order valence-corrected chi connectivity index (χ3v) is 2.62. The molecule has 1 aromatic heterocycles. The number of Topliss-reactive ketones (excluding diaryl/α,β-unsaturated/α-hetero) is 1. The van der Waals surface area contributed by atoms with E-state index in [1.54, 1.807) is 12.1 Å². The van der Waals surface area contributed by atoms with E-state index in [2.05, 4.69) is 0 Å². The van der Waals surface area contributed by atoms with Gasteiger partial charge in [0.25, 0.3) is 0 Å². The van der Waals surface area contributed by atoms with E-state index >= 15 is 0 Å². The van der Waals surface area contributed by atoms with Crippen molar-refractivity contribution in [3.8, 4) is 0 Å². The largest absolute Gasteiger partial charge is 0.457 e. The second kappa shape index (κ2) is 4.97. The molecule has 2 N–H and O–H groups in total. The molecule has 2 aromatic rings. The van der Waals surface area contributed by atoms with Gasteiger partial charge >= 0.3 is 0 Å². The summed E-state index contributed by atoms with van der Waals surface area (Å²) in [5.41, 5.74) is 7.60. The number of nitrogens with two attached hydrogens (primary N) is 1. The van der Waals surface area contributed by atoms with Crippen LogP contribution < -0.4 is 5.73 Å². The lowest BCUT2D eigenvalue weighted by Crippen LogP contribution is -2.02. The van der Waals surface area contributed by atoms with E-state index in [4.69, 9.17) is 10.2 Å². The molecule has 0 aliphatic carbocycles. The summed E-state index contributed by atoms with van der Waals surface area (Å²) < 4.78 is 5.32. The lowest BCUT2D eigenvalue weighted by molar-refractivity contribution is 0.0964. The van der Waals surface area contributed by atoms with Crippen molar-refractivity contribution in [2.75, 3.05) is 0 Å². The summed E-state index contributed by atoms with van der Waals surface area (Å²) in [6.07, 6.45) is 0.359. The molecule has 1 heterocycles. The van der Waals surface area contributed by atoms with Crippen molar-refractivity contribution in [1.82, 2.24) is 0 Å². The van der Waals surface area contributed by atoms with Crippen molar-refractivity contribution in [1.29, 1.82) is 0 Å². The normalized spacial score (nSPS) is 10.5. The molecule has 2 rings (SSSR count). The topological polar surface area (TPSA) is 56.2 Å². The van der Waals surface area contributed by atoms with Gasteiger partial charge in [0.2, 0.25) is 5.78 Å². The average Bonchev–Trinajstić information content (AvgIpc) is 2.81. The molecular formula is C14H15NO2. The van der Waals surface area contributed by atoms with Crippen LogP contribution in [0.5, 0.6) is 0 Å². The molecule has 0 aliphatic rings. The molecule has 1 aromatic carbocycles. The highest BCUT2D eigenvalue weighted by Gasteiger charge is 2.11. The minimum Gasteiger partial charge on any atom is -0.457 e. The first-order chi connectivity index (χ1) is 8.19. The van der Waals surface area contributed by atoms with E-state index in [1.165, 1.54) is 5.56 Å². The highest BCUT2D eigenvalue weighted by Crippen LogP contribution is 2.12. The number of ketones is 1. The Kier molecular flexibility index (Phi) is 3.40. The fourth-order valence-corrected chi connectivity index (χ4v) is 1.62. The summed E-state index contributed by atoms with van der Waals surface area (Å²) in [5, 5.41) is 0. The minimum absolute atomic E-state index is 0.0199. The summed E-state index contributed by atoms with van der Waals surface area (Å²) in [6, 6.07) is 11.3. The molecule has 0 saturated carbocycles. The van der Waals surface area contributed by atoms with Gasteiger partial charge in [-0.2, -0.15) is 0 Å². The van der Waals surface area contributed by atoms with Gasteiger partial charge in [-0.3, -0.25) is 4.79 Å². The summed E-state index contributed by atoms with van der Waals surface area (Å²) in [5.74, 6) is 0.997. The fourth-order valence-electron chi connectivity index (χ4n) is 1.62. The van der Waals surface area contributed by atoms with Crippen LogP contribution in [0.4, 0.5) is 0 Å². The van der Waals surface area contributed by atoms with Crippen LogP contribution in [0, 0.1) is 6.92 Å². The highest BCUT2D eigenvalue weighted by atomic mass is 16.3. The summed E-state index contributed by atoms with van der Waals surface area (Å²) in [7, 11) is 0. The maximum absolute atomic E-state index is 11.9. The van der Waals surface area contributed by atoms with E-state index in [0.717, 1.165) is 5.56 Å². The molecule has 3 heteroatoms.